The Balaban J connectivity index is 1.87. The van der Waals surface area contributed by atoms with Gasteiger partial charge in [-0.25, -0.2) is 4.98 Å². The molecule has 1 heterocycles. The molecular weight excluding hydrogens is 388 g/mol. The summed E-state index contributed by atoms with van der Waals surface area (Å²) >= 11 is 1.37. The van der Waals surface area contributed by atoms with Crippen LogP contribution in [0.2, 0.25) is 0 Å². The van der Waals surface area contributed by atoms with Crippen LogP contribution >= 0.6 is 11.3 Å². The van der Waals surface area contributed by atoms with Crippen LogP contribution in [0.5, 0.6) is 17.2 Å². The van der Waals surface area contributed by atoms with E-state index in [1.165, 1.54) is 38.2 Å². The van der Waals surface area contributed by atoms with Crippen molar-refractivity contribution in [2.24, 2.45) is 0 Å². The van der Waals surface area contributed by atoms with E-state index in [-0.39, 0.29) is 5.91 Å². The van der Waals surface area contributed by atoms with Gasteiger partial charge in [-0.2, -0.15) is 0 Å². The largest absolute Gasteiger partial charge is 0.493 e. The van der Waals surface area contributed by atoms with Crippen molar-refractivity contribution in [2.75, 3.05) is 26.6 Å². The Bertz CT molecular complexity index is 987. The molecule has 1 N–H and O–H groups in total. The zero-order valence-corrected chi connectivity index (χ0v) is 18.0. The van der Waals surface area contributed by atoms with Crippen molar-refractivity contribution in [1.82, 2.24) is 4.98 Å². The molecule has 0 radical (unpaired) electrons. The summed E-state index contributed by atoms with van der Waals surface area (Å²) in [5.41, 5.74) is 3.50. The number of carbonyl (C=O) groups excluding carboxylic acids is 1. The van der Waals surface area contributed by atoms with Gasteiger partial charge in [0.05, 0.1) is 27.0 Å². The topological polar surface area (TPSA) is 69.7 Å². The third kappa shape index (κ3) is 4.35. The van der Waals surface area contributed by atoms with Crippen molar-refractivity contribution in [3.05, 3.63) is 52.5 Å². The van der Waals surface area contributed by atoms with E-state index in [0.717, 1.165) is 17.0 Å². The molecule has 0 aliphatic carbocycles. The first-order chi connectivity index (χ1) is 14.0. The molecule has 3 rings (SSSR count). The van der Waals surface area contributed by atoms with Gasteiger partial charge in [0.15, 0.2) is 11.5 Å². The molecule has 7 heteroatoms. The normalized spacial score (nSPS) is 10.5. The number of aromatic nitrogens is 1. The number of nitrogens with zero attached hydrogens (tertiary/aromatic N) is 1. The van der Waals surface area contributed by atoms with Gasteiger partial charge in [-0.1, -0.05) is 31.2 Å². The summed E-state index contributed by atoms with van der Waals surface area (Å²) in [7, 11) is 4.60. The molecule has 1 amide bonds. The highest BCUT2D eigenvalue weighted by Crippen LogP contribution is 2.40. The molecule has 0 bridgehead atoms. The van der Waals surface area contributed by atoms with E-state index in [0.29, 0.717) is 33.5 Å². The van der Waals surface area contributed by atoms with Crippen molar-refractivity contribution in [3.63, 3.8) is 0 Å². The third-order valence-electron chi connectivity index (χ3n) is 4.53. The number of hydrogen-bond donors (Lipinski definition) is 1. The second kappa shape index (κ2) is 8.96. The van der Waals surface area contributed by atoms with Crippen LogP contribution in [-0.4, -0.2) is 32.2 Å². The third-order valence-corrected chi connectivity index (χ3v) is 5.74. The minimum Gasteiger partial charge on any atom is -0.493 e. The lowest BCUT2D eigenvalue weighted by atomic mass is 10.1. The van der Waals surface area contributed by atoms with Gasteiger partial charge in [0.2, 0.25) is 5.75 Å². The molecule has 1 aromatic heterocycles. The van der Waals surface area contributed by atoms with Gasteiger partial charge >= 0.3 is 0 Å². The molecule has 0 saturated heterocycles. The molecule has 0 unspecified atom stereocenters. The SMILES string of the molecule is CCc1ccc(-c2nc(C)c(C(=O)Nc3cc(OC)c(OC)c(OC)c3)s2)cc1. The zero-order valence-electron chi connectivity index (χ0n) is 17.2. The minimum atomic E-state index is -0.231. The molecule has 2 aromatic carbocycles. The van der Waals surface area contributed by atoms with Crippen molar-refractivity contribution in [2.45, 2.75) is 20.3 Å². The van der Waals surface area contributed by atoms with E-state index in [9.17, 15) is 4.79 Å². The number of hydrogen-bond acceptors (Lipinski definition) is 6. The van der Waals surface area contributed by atoms with Crippen LogP contribution in [-0.2, 0) is 6.42 Å². The van der Waals surface area contributed by atoms with Crippen molar-refractivity contribution < 1.29 is 19.0 Å². The molecule has 0 fully saturated rings. The molecule has 29 heavy (non-hydrogen) atoms. The van der Waals surface area contributed by atoms with Crippen LogP contribution in [0, 0.1) is 6.92 Å². The summed E-state index contributed by atoms with van der Waals surface area (Å²) in [6, 6.07) is 11.6. The van der Waals surface area contributed by atoms with Gasteiger partial charge in [-0.3, -0.25) is 4.79 Å². The highest BCUT2D eigenvalue weighted by molar-refractivity contribution is 7.17. The maximum absolute atomic E-state index is 12.9. The number of rotatable bonds is 7. The Kier molecular flexibility index (Phi) is 6.39. The molecule has 0 aliphatic heterocycles. The molecule has 152 valence electrons. The highest BCUT2D eigenvalue weighted by Gasteiger charge is 2.19. The van der Waals surface area contributed by atoms with Crippen LogP contribution in [0.15, 0.2) is 36.4 Å². The molecule has 0 atom stereocenters. The van der Waals surface area contributed by atoms with Crippen LogP contribution in [0.1, 0.15) is 27.9 Å². The first kappa shape index (κ1) is 20.7. The van der Waals surface area contributed by atoms with Gasteiger partial charge < -0.3 is 19.5 Å². The van der Waals surface area contributed by atoms with E-state index >= 15 is 0 Å². The monoisotopic (exact) mass is 412 g/mol. The summed E-state index contributed by atoms with van der Waals surface area (Å²) in [6.07, 6.45) is 0.986. The van der Waals surface area contributed by atoms with E-state index in [1.807, 2.05) is 19.1 Å². The molecule has 0 saturated carbocycles. The van der Waals surface area contributed by atoms with E-state index in [2.05, 4.69) is 29.4 Å². The predicted octanol–water partition coefficient (Wildman–Crippen LogP) is 4.96. The Hall–Kier alpha value is -3.06. The standard InChI is InChI=1S/C22H24N2O4S/c1-6-14-7-9-15(10-8-14)22-23-13(2)20(29-22)21(25)24-16-11-17(26-3)19(28-5)18(12-16)27-4/h7-12H,6H2,1-5H3,(H,24,25). The van der Waals surface area contributed by atoms with Gasteiger partial charge in [-0.05, 0) is 18.9 Å². The fourth-order valence-corrected chi connectivity index (χ4v) is 3.92. The number of methoxy groups -OCH3 is 3. The highest BCUT2D eigenvalue weighted by atomic mass is 32.1. The zero-order chi connectivity index (χ0) is 21.0. The molecule has 0 aliphatic rings. The Morgan fingerprint density at radius 3 is 2.17 bits per heavy atom. The summed E-state index contributed by atoms with van der Waals surface area (Å²) in [4.78, 5) is 18.0. The van der Waals surface area contributed by atoms with Crippen molar-refractivity contribution in [1.29, 1.82) is 0 Å². The second-order valence-electron chi connectivity index (χ2n) is 6.35. The summed E-state index contributed by atoms with van der Waals surface area (Å²) in [5.74, 6) is 1.19. The number of carbonyl (C=O) groups is 1. The van der Waals surface area contributed by atoms with Gasteiger partial charge in [-0.15, -0.1) is 11.3 Å². The Morgan fingerprint density at radius 1 is 1.03 bits per heavy atom. The minimum absolute atomic E-state index is 0.231. The van der Waals surface area contributed by atoms with Crippen molar-refractivity contribution in [3.8, 4) is 27.8 Å². The van der Waals surface area contributed by atoms with Gasteiger partial charge in [0, 0.05) is 23.4 Å². The first-order valence-corrected chi connectivity index (χ1v) is 10.00. The number of ether oxygens (including phenoxy) is 3. The summed E-state index contributed by atoms with van der Waals surface area (Å²) in [6.45, 7) is 3.96. The van der Waals surface area contributed by atoms with Crippen LogP contribution in [0.3, 0.4) is 0 Å². The fraction of sp³-hybridized carbons (Fsp3) is 0.273. The quantitative estimate of drug-likeness (QED) is 0.594. The van der Waals surface area contributed by atoms with E-state index in [1.54, 1.807) is 12.1 Å². The Labute approximate surface area is 174 Å². The lowest BCUT2D eigenvalue weighted by molar-refractivity contribution is 0.103. The Morgan fingerprint density at radius 2 is 1.66 bits per heavy atom. The molecular formula is C22H24N2O4S. The molecule has 0 spiro atoms. The number of thiazole rings is 1. The smallest absolute Gasteiger partial charge is 0.267 e. The van der Waals surface area contributed by atoms with Crippen LogP contribution < -0.4 is 19.5 Å². The molecule has 6 nitrogen and oxygen atoms in total. The number of nitrogens with one attached hydrogen (secondary N) is 1. The second-order valence-corrected chi connectivity index (χ2v) is 7.35. The maximum Gasteiger partial charge on any atom is 0.267 e. The average molecular weight is 413 g/mol. The van der Waals surface area contributed by atoms with Gasteiger partial charge in [0.1, 0.15) is 9.88 Å². The summed E-state index contributed by atoms with van der Waals surface area (Å²) in [5, 5.41) is 3.72. The van der Waals surface area contributed by atoms with E-state index in [4.69, 9.17) is 14.2 Å². The predicted molar refractivity (Wildman–Crippen MR) is 116 cm³/mol. The summed E-state index contributed by atoms with van der Waals surface area (Å²) < 4.78 is 16.0. The van der Waals surface area contributed by atoms with Gasteiger partial charge in [0.25, 0.3) is 5.91 Å². The van der Waals surface area contributed by atoms with E-state index < -0.39 is 0 Å². The fourth-order valence-electron chi connectivity index (χ4n) is 2.95. The number of amides is 1. The average Bonchev–Trinajstić information content (AvgIpc) is 3.14. The number of anilines is 1. The lowest BCUT2D eigenvalue weighted by Crippen LogP contribution is -2.12. The number of benzene rings is 2. The number of aryl methyl sites for hydroxylation is 2. The van der Waals surface area contributed by atoms with Crippen LogP contribution in [0.25, 0.3) is 10.6 Å². The molecule has 3 aromatic rings. The van der Waals surface area contributed by atoms with Crippen LogP contribution in [0.4, 0.5) is 5.69 Å². The lowest BCUT2D eigenvalue weighted by Gasteiger charge is -2.14. The van der Waals surface area contributed by atoms with Crippen molar-refractivity contribution >= 4 is 22.9 Å². The first-order valence-electron chi connectivity index (χ1n) is 9.18. The maximum atomic E-state index is 12.9.